The minimum atomic E-state index is 0.610. The molecule has 0 saturated heterocycles. The Bertz CT molecular complexity index is 490. The molecular formula is C13H18ClN3O. The van der Waals surface area contributed by atoms with Crippen LogP contribution < -0.4 is 5.32 Å². The molecule has 0 aliphatic rings. The minimum absolute atomic E-state index is 0.610. The van der Waals surface area contributed by atoms with Gasteiger partial charge in [-0.15, -0.1) is 0 Å². The largest absolute Gasteiger partial charge is 0.467 e. The van der Waals surface area contributed by atoms with Crippen LogP contribution in [0.25, 0.3) is 0 Å². The van der Waals surface area contributed by atoms with Gasteiger partial charge in [0.2, 0.25) is 0 Å². The van der Waals surface area contributed by atoms with Gasteiger partial charge in [0.1, 0.15) is 5.76 Å². The maximum atomic E-state index is 5.83. The maximum Gasteiger partial charge on any atom is 0.129 e. The van der Waals surface area contributed by atoms with Crippen LogP contribution >= 0.6 is 11.6 Å². The van der Waals surface area contributed by atoms with Gasteiger partial charge in [-0.1, -0.05) is 25.4 Å². The van der Waals surface area contributed by atoms with Crippen LogP contribution in [0.2, 0.25) is 5.02 Å². The molecule has 0 radical (unpaired) electrons. The molecule has 0 fully saturated rings. The third-order valence-electron chi connectivity index (χ3n) is 2.61. The molecule has 0 unspecified atom stereocenters. The monoisotopic (exact) mass is 267 g/mol. The van der Waals surface area contributed by atoms with Gasteiger partial charge in [0, 0.05) is 18.3 Å². The first-order valence-corrected chi connectivity index (χ1v) is 6.47. The topological polar surface area (TPSA) is 43.0 Å². The lowest BCUT2D eigenvalue weighted by Gasteiger charge is -2.07. The van der Waals surface area contributed by atoms with Crippen molar-refractivity contribution in [3.8, 4) is 0 Å². The third kappa shape index (κ3) is 3.62. The van der Waals surface area contributed by atoms with Crippen molar-refractivity contribution in [1.29, 1.82) is 0 Å². The van der Waals surface area contributed by atoms with E-state index in [9.17, 15) is 0 Å². The zero-order valence-electron chi connectivity index (χ0n) is 10.7. The Morgan fingerprint density at radius 2 is 2.33 bits per heavy atom. The first kappa shape index (κ1) is 13.2. The van der Waals surface area contributed by atoms with Gasteiger partial charge in [-0.05, 0) is 18.5 Å². The average Bonchev–Trinajstić information content (AvgIpc) is 2.89. The number of aromatic nitrogens is 2. The van der Waals surface area contributed by atoms with Crippen LogP contribution in [-0.4, -0.2) is 16.3 Å². The Kier molecular flexibility index (Phi) is 4.44. The number of hydrogen-bond donors (Lipinski definition) is 1. The van der Waals surface area contributed by atoms with Gasteiger partial charge in [-0.25, -0.2) is 0 Å². The van der Waals surface area contributed by atoms with Crippen LogP contribution in [0.4, 0.5) is 0 Å². The van der Waals surface area contributed by atoms with Gasteiger partial charge >= 0.3 is 0 Å². The molecule has 2 aromatic heterocycles. The standard InChI is InChI=1S/C13H18ClN3O/c1-10(2)5-15-6-11-3-4-18-13(11)9-17-8-12(14)7-16-17/h3-4,7-8,10,15H,5-6,9H2,1-2H3. The van der Waals surface area contributed by atoms with E-state index in [1.54, 1.807) is 23.3 Å². The van der Waals surface area contributed by atoms with Crippen molar-refractivity contribution in [3.05, 3.63) is 41.1 Å². The molecule has 18 heavy (non-hydrogen) atoms. The first-order chi connectivity index (χ1) is 8.65. The summed E-state index contributed by atoms with van der Waals surface area (Å²) in [6, 6.07) is 1.99. The van der Waals surface area contributed by atoms with Crippen molar-refractivity contribution in [2.75, 3.05) is 6.54 Å². The van der Waals surface area contributed by atoms with E-state index in [1.165, 1.54) is 5.56 Å². The highest BCUT2D eigenvalue weighted by atomic mass is 35.5. The lowest BCUT2D eigenvalue weighted by atomic mass is 10.2. The zero-order valence-corrected chi connectivity index (χ0v) is 11.4. The van der Waals surface area contributed by atoms with Gasteiger partial charge in [0.25, 0.3) is 0 Å². The van der Waals surface area contributed by atoms with Crippen LogP contribution in [-0.2, 0) is 13.1 Å². The Hall–Kier alpha value is -1.26. The van der Waals surface area contributed by atoms with Gasteiger partial charge in [0.05, 0.1) is 24.0 Å². The highest BCUT2D eigenvalue weighted by Gasteiger charge is 2.08. The van der Waals surface area contributed by atoms with E-state index in [1.807, 2.05) is 6.07 Å². The number of hydrogen-bond acceptors (Lipinski definition) is 3. The fourth-order valence-electron chi connectivity index (χ4n) is 1.73. The van der Waals surface area contributed by atoms with Crippen molar-refractivity contribution < 1.29 is 4.42 Å². The second-order valence-corrected chi connectivity index (χ2v) is 5.19. The van der Waals surface area contributed by atoms with Gasteiger partial charge in [-0.2, -0.15) is 5.10 Å². The lowest BCUT2D eigenvalue weighted by molar-refractivity contribution is 0.469. The Labute approximate surface area is 112 Å². The predicted octanol–water partition coefficient (Wildman–Crippen LogP) is 2.92. The summed E-state index contributed by atoms with van der Waals surface area (Å²) >= 11 is 5.83. The molecule has 0 amide bonds. The summed E-state index contributed by atoms with van der Waals surface area (Å²) in [6.07, 6.45) is 5.13. The molecule has 0 aromatic carbocycles. The van der Waals surface area contributed by atoms with E-state index in [-0.39, 0.29) is 0 Å². The SMILES string of the molecule is CC(C)CNCc1ccoc1Cn1cc(Cl)cn1. The molecule has 4 nitrogen and oxygen atoms in total. The average molecular weight is 268 g/mol. The molecule has 98 valence electrons. The molecule has 0 aliphatic carbocycles. The van der Waals surface area contributed by atoms with Gasteiger partial charge < -0.3 is 9.73 Å². The molecule has 0 spiro atoms. The van der Waals surface area contributed by atoms with E-state index in [2.05, 4.69) is 24.3 Å². The third-order valence-corrected chi connectivity index (χ3v) is 2.81. The molecule has 2 rings (SSSR count). The summed E-state index contributed by atoms with van der Waals surface area (Å²) in [5.41, 5.74) is 1.17. The van der Waals surface area contributed by atoms with Crippen LogP contribution in [0.15, 0.2) is 29.1 Å². The van der Waals surface area contributed by atoms with E-state index in [0.29, 0.717) is 17.5 Å². The second-order valence-electron chi connectivity index (χ2n) is 4.75. The van der Waals surface area contributed by atoms with Crippen molar-refractivity contribution >= 4 is 11.6 Å². The summed E-state index contributed by atoms with van der Waals surface area (Å²) in [5.74, 6) is 1.57. The quantitative estimate of drug-likeness (QED) is 0.875. The Balaban J connectivity index is 1.95. The highest BCUT2D eigenvalue weighted by molar-refractivity contribution is 6.30. The van der Waals surface area contributed by atoms with Crippen LogP contribution in [0.1, 0.15) is 25.2 Å². The molecule has 2 aromatic rings. The second kappa shape index (κ2) is 6.07. The van der Waals surface area contributed by atoms with Gasteiger partial charge in [-0.3, -0.25) is 4.68 Å². The fraction of sp³-hybridized carbons (Fsp3) is 0.462. The summed E-state index contributed by atoms with van der Waals surface area (Å²) in [5, 5.41) is 8.19. The van der Waals surface area contributed by atoms with E-state index in [0.717, 1.165) is 18.8 Å². The fourth-order valence-corrected chi connectivity index (χ4v) is 1.89. The molecule has 0 saturated carbocycles. The first-order valence-electron chi connectivity index (χ1n) is 6.09. The number of nitrogens with one attached hydrogen (secondary N) is 1. The maximum absolute atomic E-state index is 5.83. The van der Waals surface area contributed by atoms with E-state index >= 15 is 0 Å². The smallest absolute Gasteiger partial charge is 0.129 e. The van der Waals surface area contributed by atoms with Crippen LogP contribution in [0.3, 0.4) is 0 Å². The number of rotatable bonds is 6. The van der Waals surface area contributed by atoms with Crippen molar-refractivity contribution in [1.82, 2.24) is 15.1 Å². The number of nitrogens with zero attached hydrogens (tertiary/aromatic N) is 2. The van der Waals surface area contributed by atoms with Crippen molar-refractivity contribution in [2.24, 2.45) is 5.92 Å². The van der Waals surface area contributed by atoms with Crippen molar-refractivity contribution in [2.45, 2.75) is 26.9 Å². The minimum Gasteiger partial charge on any atom is -0.467 e. The molecule has 0 aliphatic heterocycles. The summed E-state index contributed by atoms with van der Waals surface area (Å²) < 4.78 is 7.26. The summed E-state index contributed by atoms with van der Waals surface area (Å²) in [6.45, 7) is 6.81. The summed E-state index contributed by atoms with van der Waals surface area (Å²) in [4.78, 5) is 0. The number of furan rings is 1. The predicted molar refractivity (Wildman–Crippen MR) is 71.6 cm³/mol. The normalized spacial score (nSPS) is 11.3. The molecule has 5 heteroatoms. The van der Waals surface area contributed by atoms with E-state index in [4.69, 9.17) is 16.0 Å². The van der Waals surface area contributed by atoms with Gasteiger partial charge in [0.15, 0.2) is 0 Å². The molecular weight excluding hydrogens is 250 g/mol. The van der Waals surface area contributed by atoms with E-state index < -0.39 is 0 Å². The molecule has 2 heterocycles. The molecule has 0 bridgehead atoms. The summed E-state index contributed by atoms with van der Waals surface area (Å²) in [7, 11) is 0. The molecule has 0 atom stereocenters. The Morgan fingerprint density at radius 1 is 1.50 bits per heavy atom. The Morgan fingerprint density at radius 3 is 3.00 bits per heavy atom. The number of halogens is 1. The van der Waals surface area contributed by atoms with Crippen LogP contribution in [0, 0.1) is 5.92 Å². The lowest BCUT2D eigenvalue weighted by Crippen LogP contribution is -2.19. The molecule has 1 N–H and O–H groups in total. The van der Waals surface area contributed by atoms with Crippen molar-refractivity contribution in [3.63, 3.8) is 0 Å². The van der Waals surface area contributed by atoms with Crippen LogP contribution in [0.5, 0.6) is 0 Å². The highest BCUT2D eigenvalue weighted by Crippen LogP contribution is 2.13. The zero-order chi connectivity index (χ0) is 13.0.